The number of amides is 1. The molecule has 0 saturated carbocycles. The fourth-order valence-corrected chi connectivity index (χ4v) is 0.391. The van der Waals surface area contributed by atoms with Gasteiger partial charge in [0.25, 0.3) is 0 Å². The minimum atomic E-state index is -6.54. The zero-order chi connectivity index (χ0) is 11.8. The molecule has 10 heteroatoms. The highest BCUT2D eigenvalue weighted by Crippen LogP contribution is 2.44. The Morgan fingerprint density at radius 3 is 1.57 bits per heavy atom. The van der Waals surface area contributed by atoms with E-state index in [1.165, 1.54) is 0 Å². The Kier molecular flexibility index (Phi) is 2.89. The van der Waals surface area contributed by atoms with Gasteiger partial charge in [0.15, 0.2) is 0 Å². The molecule has 0 unspecified atom stereocenters. The number of rotatable bonds is 2. The maximum Gasteiger partial charge on any atom is 0.462 e. The summed E-state index contributed by atoms with van der Waals surface area (Å²) in [4.78, 5) is 9.50. The lowest BCUT2D eigenvalue weighted by Gasteiger charge is -2.27. The van der Waals surface area contributed by atoms with E-state index in [9.17, 15) is 35.5 Å². The Hall–Kier alpha value is -1.22. The molecule has 14 heavy (non-hydrogen) atoms. The van der Waals surface area contributed by atoms with Crippen LogP contribution in [0.2, 0.25) is 0 Å². The molecular weight excluding hydrogens is 227 g/mol. The minimum absolute atomic E-state index is 0.221. The lowest BCUT2D eigenvalue weighted by molar-refractivity contribution is -0.359. The van der Waals surface area contributed by atoms with Crippen molar-refractivity contribution < 1.29 is 40.6 Å². The standard InChI is InChI=1S/C4H2F7NO2/c5-2(6,3(7,8)9)4(10,11)12-1(13)14/h12H,(H,13,14). The van der Waals surface area contributed by atoms with Crippen molar-refractivity contribution in [1.82, 2.24) is 5.32 Å². The monoisotopic (exact) mass is 229 g/mol. The summed E-state index contributed by atoms with van der Waals surface area (Å²) in [6.07, 6.45) is -9.24. The Labute approximate surface area is 71.5 Å². The highest BCUT2D eigenvalue weighted by molar-refractivity contribution is 5.65. The Balaban J connectivity index is 4.97. The average Bonchev–Trinajstić information content (AvgIpc) is 1.80. The van der Waals surface area contributed by atoms with Crippen LogP contribution in [0.5, 0.6) is 0 Å². The molecule has 2 N–H and O–H groups in total. The van der Waals surface area contributed by atoms with Crippen molar-refractivity contribution in [3.05, 3.63) is 0 Å². The molecule has 0 fully saturated rings. The van der Waals surface area contributed by atoms with Crippen LogP contribution < -0.4 is 5.32 Å². The third-order valence-corrected chi connectivity index (χ3v) is 1.01. The number of carbonyl (C=O) groups is 1. The van der Waals surface area contributed by atoms with Crippen molar-refractivity contribution in [2.75, 3.05) is 0 Å². The Bertz CT molecular complexity index is 234. The lowest BCUT2D eigenvalue weighted by atomic mass is 10.3. The van der Waals surface area contributed by atoms with Gasteiger partial charge in [-0.1, -0.05) is 0 Å². The Morgan fingerprint density at radius 1 is 1.00 bits per heavy atom. The number of hydrogen-bond acceptors (Lipinski definition) is 1. The summed E-state index contributed by atoms with van der Waals surface area (Å²) < 4.78 is 81.7. The zero-order valence-electron chi connectivity index (χ0n) is 6.00. The lowest BCUT2D eigenvalue weighted by Crippen LogP contribution is -2.60. The average molecular weight is 229 g/mol. The molecule has 0 radical (unpaired) electrons. The minimum Gasteiger partial charge on any atom is -0.465 e. The summed E-state index contributed by atoms with van der Waals surface area (Å²) >= 11 is 0. The van der Waals surface area contributed by atoms with Crippen LogP contribution >= 0.6 is 0 Å². The number of alkyl halides is 7. The van der Waals surface area contributed by atoms with Gasteiger partial charge in [-0.25, -0.2) is 4.79 Å². The van der Waals surface area contributed by atoms with Crippen LogP contribution in [0, 0.1) is 0 Å². The van der Waals surface area contributed by atoms with Crippen molar-refractivity contribution in [3.8, 4) is 0 Å². The molecule has 0 aromatic carbocycles. The number of nitrogens with one attached hydrogen (secondary N) is 1. The van der Waals surface area contributed by atoms with Gasteiger partial charge < -0.3 is 5.11 Å². The van der Waals surface area contributed by atoms with Gasteiger partial charge in [-0.05, 0) is 0 Å². The molecule has 0 aromatic rings. The van der Waals surface area contributed by atoms with Gasteiger partial charge in [-0.15, -0.1) is 0 Å². The molecule has 0 saturated heterocycles. The van der Waals surface area contributed by atoms with Crippen molar-refractivity contribution in [3.63, 3.8) is 0 Å². The second kappa shape index (κ2) is 3.17. The molecule has 0 aliphatic rings. The zero-order valence-corrected chi connectivity index (χ0v) is 6.00. The SMILES string of the molecule is O=C(O)NC(F)(F)C(F)(F)C(F)(F)F. The van der Waals surface area contributed by atoms with E-state index < -0.39 is 24.2 Å². The van der Waals surface area contributed by atoms with Crippen LogP contribution in [0.1, 0.15) is 0 Å². The van der Waals surface area contributed by atoms with Crippen LogP contribution in [0.15, 0.2) is 0 Å². The molecular formula is C4H2F7NO2. The second-order valence-electron chi connectivity index (χ2n) is 2.08. The quantitative estimate of drug-likeness (QED) is 0.562. The van der Waals surface area contributed by atoms with E-state index in [-0.39, 0.29) is 5.32 Å². The van der Waals surface area contributed by atoms with Crippen LogP contribution in [0.4, 0.5) is 35.5 Å². The Morgan fingerprint density at radius 2 is 1.36 bits per heavy atom. The number of carboxylic acid groups (broad SMARTS) is 1. The third-order valence-electron chi connectivity index (χ3n) is 1.01. The summed E-state index contributed by atoms with van der Waals surface area (Å²) in [5.74, 6) is -6.46. The maximum absolute atomic E-state index is 12.0. The molecule has 0 aliphatic carbocycles. The van der Waals surface area contributed by atoms with Gasteiger partial charge in [0.2, 0.25) is 0 Å². The normalized spacial score (nSPS) is 13.9. The summed E-state index contributed by atoms with van der Waals surface area (Å²) in [6, 6.07) is -5.91. The maximum atomic E-state index is 12.0. The number of hydrogen-bond donors (Lipinski definition) is 2. The van der Waals surface area contributed by atoms with E-state index in [2.05, 4.69) is 0 Å². The molecule has 0 heterocycles. The third kappa shape index (κ3) is 2.17. The number of halogens is 7. The first-order valence-corrected chi connectivity index (χ1v) is 2.75. The summed E-state index contributed by atoms with van der Waals surface area (Å²) in [5.41, 5.74) is 0. The predicted octanol–water partition coefficient (Wildman–Crippen LogP) is 2.04. The van der Waals surface area contributed by atoms with Crippen LogP contribution in [-0.2, 0) is 0 Å². The van der Waals surface area contributed by atoms with Crippen molar-refractivity contribution in [2.24, 2.45) is 0 Å². The largest absolute Gasteiger partial charge is 0.465 e. The topological polar surface area (TPSA) is 49.3 Å². The van der Waals surface area contributed by atoms with E-state index in [1.54, 1.807) is 0 Å². The molecule has 0 bridgehead atoms. The fraction of sp³-hybridized carbons (Fsp3) is 0.750. The predicted molar refractivity (Wildman–Crippen MR) is 27.1 cm³/mol. The molecule has 0 aliphatic heterocycles. The van der Waals surface area contributed by atoms with E-state index >= 15 is 0 Å². The van der Waals surface area contributed by atoms with E-state index in [0.717, 1.165) is 0 Å². The van der Waals surface area contributed by atoms with Gasteiger partial charge in [-0.2, -0.15) is 30.7 Å². The van der Waals surface area contributed by atoms with E-state index in [1.807, 2.05) is 0 Å². The first kappa shape index (κ1) is 12.8. The highest BCUT2D eigenvalue weighted by atomic mass is 19.4. The van der Waals surface area contributed by atoms with E-state index in [0.29, 0.717) is 0 Å². The van der Waals surface area contributed by atoms with Crippen LogP contribution in [0.3, 0.4) is 0 Å². The summed E-state index contributed by atoms with van der Waals surface area (Å²) in [7, 11) is 0. The fourth-order valence-electron chi connectivity index (χ4n) is 0.391. The first-order valence-electron chi connectivity index (χ1n) is 2.75. The molecule has 1 amide bonds. The van der Waals surface area contributed by atoms with Gasteiger partial charge in [-0.3, -0.25) is 5.32 Å². The van der Waals surface area contributed by atoms with Gasteiger partial charge >= 0.3 is 24.2 Å². The van der Waals surface area contributed by atoms with Gasteiger partial charge in [0.1, 0.15) is 0 Å². The van der Waals surface area contributed by atoms with Crippen molar-refractivity contribution in [2.45, 2.75) is 18.1 Å². The van der Waals surface area contributed by atoms with E-state index in [4.69, 9.17) is 5.11 Å². The molecule has 3 nitrogen and oxygen atoms in total. The molecule has 0 spiro atoms. The highest BCUT2D eigenvalue weighted by Gasteiger charge is 2.74. The van der Waals surface area contributed by atoms with Crippen molar-refractivity contribution >= 4 is 6.09 Å². The first-order chi connectivity index (χ1) is 5.92. The smallest absolute Gasteiger partial charge is 0.462 e. The van der Waals surface area contributed by atoms with Crippen molar-refractivity contribution in [1.29, 1.82) is 0 Å². The molecule has 0 rings (SSSR count). The summed E-state index contributed by atoms with van der Waals surface area (Å²) in [6.45, 7) is 0. The molecule has 84 valence electrons. The second-order valence-corrected chi connectivity index (χ2v) is 2.08. The van der Waals surface area contributed by atoms with Gasteiger partial charge in [0, 0.05) is 0 Å². The molecule has 0 aromatic heterocycles. The molecule has 0 atom stereocenters. The summed E-state index contributed by atoms with van der Waals surface area (Å²) in [5, 5.41) is 7.37. The van der Waals surface area contributed by atoms with Crippen LogP contribution in [-0.4, -0.2) is 29.3 Å². The van der Waals surface area contributed by atoms with Gasteiger partial charge in [0.05, 0.1) is 0 Å². The van der Waals surface area contributed by atoms with Crippen LogP contribution in [0.25, 0.3) is 0 Å².